The standard InChI is InChI=1S/C19H18Cl2FNO4/c1-10(14-6-4-12(20)8-16(14)21)23-18(24)11(2)27-19(25)15-7-5-13(26-3)9-17(15)22/h4-11H,1-3H3,(H,23,24)/t10-,11-/m0/s1. The van der Waals surface area contributed by atoms with Gasteiger partial charge in [0.05, 0.1) is 18.7 Å². The van der Waals surface area contributed by atoms with E-state index in [1.54, 1.807) is 25.1 Å². The quantitative estimate of drug-likeness (QED) is 0.704. The van der Waals surface area contributed by atoms with Crippen molar-refractivity contribution in [1.29, 1.82) is 0 Å². The highest BCUT2D eigenvalue weighted by Gasteiger charge is 2.23. The second-order valence-corrected chi connectivity index (χ2v) is 6.63. The first-order valence-electron chi connectivity index (χ1n) is 8.02. The molecular weight excluding hydrogens is 396 g/mol. The fraction of sp³-hybridized carbons (Fsp3) is 0.263. The third kappa shape index (κ3) is 5.34. The molecule has 2 aromatic rings. The van der Waals surface area contributed by atoms with Crippen LogP contribution < -0.4 is 10.1 Å². The summed E-state index contributed by atoms with van der Waals surface area (Å²) >= 11 is 12.0. The van der Waals surface area contributed by atoms with Gasteiger partial charge in [-0.05, 0) is 43.7 Å². The second kappa shape index (κ2) is 9.06. The van der Waals surface area contributed by atoms with E-state index < -0.39 is 29.8 Å². The van der Waals surface area contributed by atoms with E-state index in [0.29, 0.717) is 15.6 Å². The first-order chi connectivity index (χ1) is 12.7. The van der Waals surface area contributed by atoms with Crippen molar-refractivity contribution >= 4 is 35.1 Å². The highest BCUT2D eigenvalue weighted by atomic mass is 35.5. The van der Waals surface area contributed by atoms with E-state index in [1.165, 1.54) is 26.2 Å². The van der Waals surface area contributed by atoms with Gasteiger partial charge in [-0.2, -0.15) is 0 Å². The van der Waals surface area contributed by atoms with Gasteiger partial charge >= 0.3 is 5.97 Å². The van der Waals surface area contributed by atoms with Crippen LogP contribution in [0.25, 0.3) is 0 Å². The molecule has 0 bridgehead atoms. The molecule has 5 nitrogen and oxygen atoms in total. The van der Waals surface area contributed by atoms with E-state index >= 15 is 0 Å². The van der Waals surface area contributed by atoms with Crippen molar-refractivity contribution in [3.8, 4) is 5.75 Å². The SMILES string of the molecule is COc1ccc(C(=O)O[C@@H](C)C(=O)N[C@@H](C)c2ccc(Cl)cc2Cl)c(F)c1. The van der Waals surface area contributed by atoms with E-state index in [4.69, 9.17) is 32.7 Å². The zero-order valence-corrected chi connectivity index (χ0v) is 16.4. The molecule has 8 heteroatoms. The Labute approximate surface area is 166 Å². The summed E-state index contributed by atoms with van der Waals surface area (Å²) in [5.74, 6) is -2.03. The van der Waals surface area contributed by atoms with Crippen molar-refractivity contribution in [3.05, 3.63) is 63.4 Å². The van der Waals surface area contributed by atoms with E-state index in [2.05, 4.69) is 5.32 Å². The highest BCUT2D eigenvalue weighted by Crippen LogP contribution is 2.26. The summed E-state index contributed by atoms with van der Waals surface area (Å²) in [5, 5.41) is 3.57. The monoisotopic (exact) mass is 413 g/mol. The summed E-state index contributed by atoms with van der Waals surface area (Å²) in [6.07, 6.45) is -1.13. The van der Waals surface area contributed by atoms with Crippen molar-refractivity contribution in [2.45, 2.75) is 26.0 Å². The Morgan fingerprint density at radius 3 is 2.41 bits per heavy atom. The molecule has 0 saturated carbocycles. The van der Waals surface area contributed by atoms with Crippen LogP contribution in [-0.2, 0) is 9.53 Å². The molecule has 2 aromatic carbocycles. The Kier molecular flexibility index (Phi) is 7.05. The van der Waals surface area contributed by atoms with Gasteiger partial charge < -0.3 is 14.8 Å². The predicted octanol–water partition coefficient (Wildman–Crippen LogP) is 4.56. The van der Waals surface area contributed by atoms with Gasteiger partial charge in [0.15, 0.2) is 6.10 Å². The van der Waals surface area contributed by atoms with Gasteiger partial charge in [0.25, 0.3) is 5.91 Å². The van der Waals surface area contributed by atoms with Crippen LogP contribution in [0.2, 0.25) is 10.0 Å². The Hall–Kier alpha value is -2.31. The van der Waals surface area contributed by atoms with E-state index in [1.807, 2.05) is 0 Å². The number of rotatable bonds is 6. The van der Waals surface area contributed by atoms with Crippen LogP contribution in [0.3, 0.4) is 0 Å². The molecule has 0 radical (unpaired) electrons. The molecular formula is C19H18Cl2FNO4. The number of ether oxygens (including phenoxy) is 2. The van der Waals surface area contributed by atoms with Crippen molar-refractivity contribution in [1.82, 2.24) is 5.32 Å². The minimum absolute atomic E-state index is 0.267. The Balaban J connectivity index is 2.01. The van der Waals surface area contributed by atoms with E-state index in [0.717, 1.165) is 6.07 Å². The fourth-order valence-corrected chi connectivity index (χ4v) is 2.90. The van der Waals surface area contributed by atoms with Crippen LogP contribution in [0, 0.1) is 5.82 Å². The topological polar surface area (TPSA) is 64.6 Å². The van der Waals surface area contributed by atoms with Gasteiger partial charge in [0.1, 0.15) is 11.6 Å². The summed E-state index contributed by atoms with van der Waals surface area (Å²) in [5.41, 5.74) is 0.374. The number of halogens is 3. The molecule has 0 aliphatic heterocycles. The zero-order chi connectivity index (χ0) is 20.1. The van der Waals surface area contributed by atoms with Crippen LogP contribution in [0.15, 0.2) is 36.4 Å². The lowest BCUT2D eigenvalue weighted by Crippen LogP contribution is -2.37. The largest absolute Gasteiger partial charge is 0.497 e. The molecule has 2 rings (SSSR count). The maximum Gasteiger partial charge on any atom is 0.341 e. The summed E-state index contributed by atoms with van der Waals surface area (Å²) < 4.78 is 23.9. The Morgan fingerprint density at radius 1 is 1.11 bits per heavy atom. The molecule has 2 atom stereocenters. The molecule has 0 unspecified atom stereocenters. The molecule has 1 amide bonds. The molecule has 1 N–H and O–H groups in total. The summed E-state index contributed by atoms with van der Waals surface area (Å²) in [6.45, 7) is 3.12. The predicted molar refractivity (Wildman–Crippen MR) is 101 cm³/mol. The molecule has 144 valence electrons. The molecule has 0 fully saturated rings. The Morgan fingerprint density at radius 2 is 1.81 bits per heavy atom. The first-order valence-corrected chi connectivity index (χ1v) is 8.78. The lowest BCUT2D eigenvalue weighted by molar-refractivity contribution is -0.129. The van der Waals surface area contributed by atoms with Gasteiger partial charge in [0, 0.05) is 16.1 Å². The number of hydrogen-bond donors (Lipinski definition) is 1. The lowest BCUT2D eigenvalue weighted by Gasteiger charge is -2.19. The summed E-state index contributed by atoms with van der Waals surface area (Å²) in [6, 6.07) is 8.19. The number of carbonyl (C=O) groups is 2. The van der Waals surface area contributed by atoms with Crippen LogP contribution in [0.1, 0.15) is 35.8 Å². The number of carbonyl (C=O) groups excluding carboxylic acids is 2. The first kappa shape index (κ1) is 21.0. The number of esters is 1. The van der Waals surface area contributed by atoms with Crippen molar-refractivity contribution in [2.24, 2.45) is 0 Å². The minimum atomic E-state index is -1.13. The average molecular weight is 414 g/mol. The number of benzene rings is 2. The van der Waals surface area contributed by atoms with Crippen LogP contribution in [0.5, 0.6) is 5.75 Å². The summed E-state index contributed by atoms with van der Waals surface area (Å²) in [4.78, 5) is 24.4. The highest BCUT2D eigenvalue weighted by molar-refractivity contribution is 6.35. The number of amides is 1. The van der Waals surface area contributed by atoms with Crippen LogP contribution in [-0.4, -0.2) is 25.1 Å². The van der Waals surface area contributed by atoms with Crippen LogP contribution >= 0.6 is 23.2 Å². The van der Waals surface area contributed by atoms with Crippen LogP contribution in [0.4, 0.5) is 4.39 Å². The number of nitrogens with one attached hydrogen (secondary N) is 1. The molecule has 27 heavy (non-hydrogen) atoms. The molecule has 0 aliphatic carbocycles. The maximum absolute atomic E-state index is 13.9. The van der Waals surface area contributed by atoms with Gasteiger partial charge in [-0.1, -0.05) is 29.3 Å². The Bertz CT molecular complexity index is 860. The lowest BCUT2D eigenvalue weighted by atomic mass is 10.1. The van der Waals surface area contributed by atoms with Gasteiger partial charge in [-0.15, -0.1) is 0 Å². The molecule has 0 heterocycles. The number of methoxy groups -OCH3 is 1. The van der Waals surface area contributed by atoms with Gasteiger partial charge in [-0.25, -0.2) is 9.18 Å². The maximum atomic E-state index is 13.9. The van der Waals surface area contributed by atoms with E-state index in [9.17, 15) is 14.0 Å². The molecule has 0 spiro atoms. The normalized spacial score (nSPS) is 12.8. The van der Waals surface area contributed by atoms with Crippen molar-refractivity contribution in [3.63, 3.8) is 0 Å². The minimum Gasteiger partial charge on any atom is -0.497 e. The molecule has 0 saturated heterocycles. The fourth-order valence-electron chi connectivity index (χ4n) is 2.33. The van der Waals surface area contributed by atoms with E-state index in [-0.39, 0.29) is 11.3 Å². The third-order valence-electron chi connectivity index (χ3n) is 3.84. The smallest absolute Gasteiger partial charge is 0.341 e. The summed E-state index contributed by atoms with van der Waals surface area (Å²) in [7, 11) is 1.38. The zero-order valence-electron chi connectivity index (χ0n) is 14.9. The van der Waals surface area contributed by atoms with Gasteiger partial charge in [-0.3, -0.25) is 4.79 Å². The molecule has 0 aliphatic rings. The van der Waals surface area contributed by atoms with Crippen molar-refractivity contribution in [2.75, 3.05) is 7.11 Å². The average Bonchev–Trinajstić information content (AvgIpc) is 2.60. The third-order valence-corrected chi connectivity index (χ3v) is 4.40. The number of hydrogen-bond acceptors (Lipinski definition) is 4. The second-order valence-electron chi connectivity index (χ2n) is 5.79. The van der Waals surface area contributed by atoms with Gasteiger partial charge in [0.2, 0.25) is 0 Å². The van der Waals surface area contributed by atoms with Crippen molar-refractivity contribution < 1.29 is 23.5 Å². The molecule has 0 aromatic heterocycles.